The van der Waals surface area contributed by atoms with Crippen LogP contribution in [0.4, 0.5) is 17.1 Å². The van der Waals surface area contributed by atoms with Crippen molar-refractivity contribution in [2.75, 3.05) is 36.4 Å². The molecule has 2 heterocycles. The SMILES string of the molecule is CC1CN(CC(C)(C)O)CCN1c1cc2c(cc1[N+](=O)[O-])CCC(=O)N2. The molecule has 0 aliphatic carbocycles. The van der Waals surface area contributed by atoms with Gasteiger partial charge in [0, 0.05) is 50.4 Å². The summed E-state index contributed by atoms with van der Waals surface area (Å²) < 4.78 is 0. The lowest BCUT2D eigenvalue weighted by Crippen LogP contribution is -2.55. The molecule has 2 aliphatic rings. The summed E-state index contributed by atoms with van der Waals surface area (Å²) in [5.41, 5.74) is 1.35. The summed E-state index contributed by atoms with van der Waals surface area (Å²) in [6, 6.07) is 3.40. The Morgan fingerprint density at radius 1 is 1.35 bits per heavy atom. The number of hydrogen-bond donors (Lipinski definition) is 2. The lowest BCUT2D eigenvalue weighted by molar-refractivity contribution is -0.384. The Balaban J connectivity index is 1.87. The van der Waals surface area contributed by atoms with Crippen LogP contribution in [-0.2, 0) is 11.2 Å². The number of benzene rings is 1. The Hall–Kier alpha value is -2.19. The minimum absolute atomic E-state index is 0.0552. The summed E-state index contributed by atoms with van der Waals surface area (Å²) >= 11 is 0. The number of hydrogen-bond acceptors (Lipinski definition) is 6. The first-order valence-electron chi connectivity index (χ1n) is 8.96. The van der Waals surface area contributed by atoms with Crippen molar-refractivity contribution in [3.63, 3.8) is 0 Å². The summed E-state index contributed by atoms with van der Waals surface area (Å²) in [6.45, 7) is 8.21. The second-order valence-corrected chi connectivity index (χ2v) is 7.89. The number of amides is 1. The first-order valence-corrected chi connectivity index (χ1v) is 8.96. The predicted octanol–water partition coefficient (Wildman–Crippen LogP) is 1.76. The molecule has 1 aromatic rings. The maximum absolute atomic E-state index is 11.7. The van der Waals surface area contributed by atoms with E-state index in [1.165, 1.54) is 0 Å². The van der Waals surface area contributed by atoms with E-state index in [-0.39, 0.29) is 22.6 Å². The lowest BCUT2D eigenvalue weighted by atomic mass is 10.00. The second-order valence-electron chi connectivity index (χ2n) is 7.89. The highest BCUT2D eigenvalue weighted by molar-refractivity contribution is 5.95. The molecule has 3 rings (SSSR count). The molecule has 142 valence electrons. The molecule has 0 saturated carbocycles. The third-order valence-electron chi connectivity index (χ3n) is 4.92. The third-order valence-corrected chi connectivity index (χ3v) is 4.92. The highest BCUT2D eigenvalue weighted by Gasteiger charge is 2.32. The number of anilines is 2. The molecule has 1 unspecified atom stereocenters. The van der Waals surface area contributed by atoms with Crippen LogP contribution in [-0.4, -0.2) is 58.7 Å². The third kappa shape index (κ3) is 3.96. The van der Waals surface area contributed by atoms with Crippen molar-refractivity contribution in [1.29, 1.82) is 0 Å². The van der Waals surface area contributed by atoms with Gasteiger partial charge in [-0.05, 0) is 38.8 Å². The summed E-state index contributed by atoms with van der Waals surface area (Å²) in [6.07, 6.45) is 0.882. The monoisotopic (exact) mass is 362 g/mol. The van der Waals surface area contributed by atoms with Gasteiger partial charge in [-0.15, -0.1) is 0 Å². The maximum Gasteiger partial charge on any atom is 0.292 e. The standard InChI is InChI=1S/C18H26N4O4/c1-12-10-20(11-18(2,3)24)6-7-21(12)15-9-14-13(4-5-17(23)19-14)8-16(15)22(25)26/h8-9,12,24H,4-7,10-11H2,1-3H3,(H,19,23). The number of aryl methyl sites for hydroxylation is 1. The van der Waals surface area contributed by atoms with Gasteiger partial charge in [-0.25, -0.2) is 0 Å². The minimum atomic E-state index is -0.774. The fourth-order valence-electron chi connectivity index (χ4n) is 3.86. The van der Waals surface area contributed by atoms with Crippen molar-refractivity contribution in [2.24, 2.45) is 0 Å². The van der Waals surface area contributed by atoms with E-state index < -0.39 is 5.60 Å². The van der Waals surface area contributed by atoms with Gasteiger partial charge in [0.25, 0.3) is 5.69 Å². The first-order chi connectivity index (χ1) is 12.1. The number of carbonyl (C=O) groups is 1. The van der Waals surface area contributed by atoms with Gasteiger partial charge in [-0.1, -0.05) is 0 Å². The van der Waals surface area contributed by atoms with Crippen molar-refractivity contribution in [3.8, 4) is 0 Å². The van der Waals surface area contributed by atoms with Crippen LogP contribution in [0.2, 0.25) is 0 Å². The Morgan fingerprint density at radius 3 is 2.69 bits per heavy atom. The zero-order valence-corrected chi connectivity index (χ0v) is 15.5. The molecular weight excluding hydrogens is 336 g/mol. The predicted molar refractivity (Wildman–Crippen MR) is 99.6 cm³/mol. The average molecular weight is 362 g/mol. The quantitative estimate of drug-likeness (QED) is 0.625. The highest BCUT2D eigenvalue weighted by Crippen LogP contribution is 2.37. The number of nitro groups is 1. The van der Waals surface area contributed by atoms with Gasteiger partial charge >= 0.3 is 0 Å². The van der Waals surface area contributed by atoms with E-state index in [2.05, 4.69) is 10.2 Å². The fourth-order valence-corrected chi connectivity index (χ4v) is 3.86. The molecule has 1 saturated heterocycles. The number of carbonyl (C=O) groups excluding carboxylic acids is 1. The average Bonchev–Trinajstić information content (AvgIpc) is 2.52. The van der Waals surface area contributed by atoms with Crippen LogP contribution in [0.25, 0.3) is 0 Å². The van der Waals surface area contributed by atoms with E-state index in [1.54, 1.807) is 26.0 Å². The lowest BCUT2D eigenvalue weighted by Gasteiger charge is -2.42. The summed E-state index contributed by atoms with van der Waals surface area (Å²) in [5, 5.41) is 24.5. The van der Waals surface area contributed by atoms with E-state index in [4.69, 9.17) is 0 Å². The van der Waals surface area contributed by atoms with Gasteiger partial charge in [0.2, 0.25) is 5.91 Å². The van der Waals surface area contributed by atoms with Gasteiger partial charge < -0.3 is 15.3 Å². The number of nitro benzene ring substituents is 1. The molecule has 26 heavy (non-hydrogen) atoms. The molecule has 1 fully saturated rings. The number of fused-ring (bicyclic) bond motifs is 1. The molecule has 8 heteroatoms. The van der Waals surface area contributed by atoms with Crippen molar-refractivity contribution >= 4 is 23.0 Å². The van der Waals surface area contributed by atoms with Crippen LogP contribution in [0.3, 0.4) is 0 Å². The number of nitrogens with zero attached hydrogens (tertiary/aromatic N) is 3. The molecule has 0 aromatic heterocycles. The molecule has 2 N–H and O–H groups in total. The molecule has 1 aromatic carbocycles. The van der Waals surface area contributed by atoms with E-state index in [0.29, 0.717) is 43.9 Å². The van der Waals surface area contributed by atoms with Crippen molar-refractivity contribution in [2.45, 2.75) is 45.3 Å². The summed E-state index contributed by atoms with van der Waals surface area (Å²) in [7, 11) is 0. The van der Waals surface area contributed by atoms with Gasteiger partial charge in [-0.3, -0.25) is 19.8 Å². The molecule has 0 spiro atoms. The van der Waals surface area contributed by atoms with Gasteiger partial charge in [0.15, 0.2) is 0 Å². The number of rotatable bonds is 4. The van der Waals surface area contributed by atoms with E-state index >= 15 is 0 Å². The van der Waals surface area contributed by atoms with Crippen LogP contribution >= 0.6 is 0 Å². The fraction of sp³-hybridized carbons (Fsp3) is 0.611. The Morgan fingerprint density at radius 2 is 2.08 bits per heavy atom. The minimum Gasteiger partial charge on any atom is -0.389 e. The molecule has 1 amide bonds. The van der Waals surface area contributed by atoms with E-state index in [9.17, 15) is 20.0 Å². The summed E-state index contributed by atoms with van der Waals surface area (Å²) in [5.74, 6) is -0.0552. The zero-order chi connectivity index (χ0) is 19.1. The van der Waals surface area contributed by atoms with Crippen LogP contribution in [0, 0.1) is 10.1 Å². The second kappa shape index (κ2) is 6.85. The number of aliphatic hydroxyl groups is 1. The van der Waals surface area contributed by atoms with Crippen molar-refractivity contribution in [1.82, 2.24) is 4.90 Å². The highest BCUT2D eigenvalue weighted by atomic mass is 16.6. The zero-order valence-electron chi connectivity index (χ0n) is 15.5. The van der Waals surface area contributed by atoms with E-state index in [0.717, 1.165) is 12.1 Å². The van der Waals surface area contributed by atoms with Crippen LogP contribution in [0.1, 0.15) is 32.8 Å². The Kier molecular flexibility index (Phi) is 4.90. The molecule has 0 radical (unpaired) electrons. The maximum atomic E-state index is 11.7. The molecule has 8 nitrogen and oxygen atoms in total. The molecule has 0 bridgehead atoms. The van der Waals surface area contributed by atoms with Crippen LogP contribution < -0.4 is 10.2 Å². The van der Waals surface area contributed by atoms with Gasteiger partial charge in [-0.2, -0.15) is 0 Å². The largest absolute Gasteiger partial charge is 0.389 e. The Labute approximate surface area is 152 Å². The number of nitrogens with one attached hydrogen (secondary N) is 1. The van der Waals surface area contributed by atoms with Crippen LogP contribution in [0.15, 0.2) is 12.1 Å². The van der Waals surface area contributed by atoms with Gasteiger partial charge in [0.05, 0.1) is 10.5 Å². The molecule has 2 aliphatic heterocycles. The van der Waals surface area contributed by atoms with Crippen LogP contribution in [0.5, 0.6) is 0 Å². The molecular formula is C18H26N4O4. The first kappa shape index (κ1) is 18.6. The van der Waals surface area contributed by atoms with E-state index in [1.807, 2.05) is 11.8 Å². The van der Waals surface area contributed by atoms with Crippen molar-refractivity contribution in [3.05, 3.63) is 27.8 Å². The number of piperazine rings is 1. The Bertz CT molecular complexity index is 729. The van der Waals surface area contributed by atoms with Gasteiger partial charge in [0.1, 0.15) is 5.69 Å². The molecule has 1 atom stereocenters. The summed E-state index contributed by atoms with van der Waals surface area (Å²) in [4.78, 5) is 27.2. The topological polar surface area (TPSA) is 98.9 Å². The number of β-amino-alcohol motifs (C(OH)–C–C–N with tert-alkyl or cyclic N) is 1. The normalized spacial score (nSPS) is 21.3. The van der Waals surface area contributed by atoms with Crippen molar-refractivity contribution < 1.29 is 14.8 Å². The smallest absolute Gasteiger partial charge is 0.292 e.